The summed E-state index contributed by atoms with van der Waals surface area (Å²) in [7, 11) is 0. The van der Waals surface area contributed by atoms with Crippen molar-refractivity contribution >= 4 is 10.9 Å². The van der Waals surface area contributed by atoms with Gasteiger partial charge in [0.15, 0.2) is 5.82 Å². The van der Waals surface area contributed by atoms with Crippen LogP contribution in [-0.4, -0.2) is 14.8 Å². The van der Waals surface area contributed by atoms with Gasteiger partial charge in [-0.2, -0.15) is 5.10 Å². The number of hydrogen-bond acceptors (Lipinski definition) is 2. The van der Waals surface area contributed by atoms with Crippen LogP contribution in [0.15, 0.2) is 36.4 Å². The first kappa shape index (κ1) is 11.0. The van der Waals surface area contributed by atoms with Crippen LogP contribution in [0.4, 0.5) is 0 Å². The first-order chi connectivity index (χ1) is 8.65. The maximum absolute atomic E-state index is 4.72. The molecule has 3 nitrogen and oxygen atoms in total. The number of fused-ring (bicyclic) bond motifs is 1. The Morgan fingerprint density at radius 1 is 1.00 bits per heavy atom. The number of aromatic nitrogens is 3. The molecule has 2 aromatic heterocycles. The second kappa shape index (κ2) is 3.95. The summed E-state index contributed by atoms with van der Waals surface area (Å²) in [5.74, 6) is 0.916. The van der Waals surface area contributed by atoms with Crippen molar-refractivity contribution in [2.24, 2.45) is 0 Å². The molecule has 2 heterocycles. The molecule has 3 rings (SSSR count). The van der Waals surface area contributed by atoms with Crippen molar-refractivity contribution in [3.05, 3.63) is 53.3 Å². The average Bonchev–Trinajstić information content (AvgIpc) is 2.67. The Morgan fingerprint density at radius 3 is 2.50 bits per heavy atom. The largest absolute Gasteiger partial charge is 0.228 e. The molecule has 90 valence electrons. The van der Waals surface area contributed by atoms with E-state index < -0.39 is 0 Å². The standard InChI is InChI=1S/C15H15N3/c1-10-8-13-6-4-5-7-14(13)16-15(10)18-12(3)9-11(2)17-18/h4-9H,1-3H3. The van der Waals surface area contributed by atoms with Gasteiger partial charge in [0.1, 0.15) is 0 Å². The van der Waals surface area contributed by atoms with Crippen molar-refractivity contribution in [2.45, 2.75) is 20.8 Å². The molecule has 0 radical (unpaired) electrons. The fraction of sp³-hybridized carbons (Fsp3) is 0.200. The van der Waals surface area contributed by atoms with E-state index in [1.54, 1.807) is 0 Å². The number of nitrogens with zero attached hydrogens (tertiary/aromatic N) is 3. The van der Waals surface area contributed by atoms with Gasteiger partial charge in [-0.05, 0) is 44.5 Å². The van der Waals surface area contributed by atoms with E-state index >= 15 is 0 Å². The Balaban J connectivity index is 2.29. The maximum Gasteiger partial charge on any atom is 0.157 e. The zero-order valence-corrected chi connectivity index (χ0v) is 10.8. The average molecular weight is 237 g/mol. The van der Waals surface area contributed by atoms with Crippen molar-refractivity contribution in [3.63, 3.8) is 0 Å². The second-order valence-electron chi connectivity index (χ2n) is 4.66. The number of para-hydroxylation sites is 1. The third-order valence-electron chi connectivity index (χ3n) is 3.10. The van der Waals surface area contributed by atoms with E-state index in [1.165, 1.54) is 5.39 Å². The summed E-state index contributed by atoms with van der Waals surface area (Å²) in [6, 6.07) is 12.4. The summed E-state index contributed by atoms with van der Waals surface area (Å²) < 4.78 is 1.91. The highest BCUT2D eigenvalue weighted by molar-refractivity contribution is 5.80. The van der Waals surface area contributed by atoms with Gasteiger partial charge in [0.2, 0.25) is 0 Å². The molecule has 18 heavy (non-hydrogen) atoms. The molecule has 0 amide bonds. The lowest BCUT2D eigenvalue weighted by atomic mass is 10.1. The zero-order valence-electron chi connectivity index (χ0n) is 10.8. The van der Waals surface area contributed by atoms with Crippen LogP contribution in [-0.2, 0) is 0 Å². The second-order valence-corrected chi connectivity index (χ2v) is 4.66. The van der Waals surface area contributed by atoms with Crippen LogP contribution >= 0.6 is 0 Å². The normalized spacial score (nSPS) is 11.1. The topological polar surface area (TPSA) is 30.7 Å². The van der Waals surface area contributed by atoms with Crippen molar-refractivity contribution in [1.29, 1.82) is 0 Å². The van der Waals surface area contributed by atoms with Crippen LogP contribution in [0.5, 0.6) is 0 Å². The molecule has 0 aliphatic heterocycles. The number of benzene rings is 1. The van der Waals surface area contributed by atoms with Crippen molar-refractivity contribution in [1.82, 2.24) is 14.8 Å². The molecule has 0 N–H and O–H groups in total. The minimum atomic E-state index is 0.916. The zero-order chi connectivity index (χ0) is 12.7. The molecule has 0 aliphatic rings. The molecular weight excluding hydrogens is 222 g/mol. The highest BCUT2D eigenvalue weighted by Crippen LogP contribution is 2.20. The highest BCUT2D eigenvalue weighted by atomic mass is 15.3. The van der Waals surface area contributed by atoms with Crippen LogP contribution in [0.2, 0.25) is 0 Å². The highest BCUT2D eigenvalue weighted by Gasteiger charge is 2.09. The van der Waals surface area contributed by atoms with Gasteiger partial charge in [-0.15, -0.1) is 0 Å². The molecule has 3 aromatic rings. The Kier molecular flexibility index (Phi) is 2.40. The Hall–Kier alpha value is -2.16. The summed E-state index contributed by atoms with van der Waals surface area (Å²) in [5, 5.41) is 5.67. The SMILES string of the molecule is Cc1cc(C)n(-c2nc3ccccc3cc2C)n1. The third-order valence-corrected chi connectivity index (χ3v) is 3.10. The van der Waals surface area contributed by atoms with E-state index in [0.717, 1.165) is 28.3 Å². The predicted octanol–water partition coefficient (Wildman–Crippen LogP) is 3.35. The minimum absolute atomic E-state index is 0.916. The first-order valence-electron chi connectivity index (χ1n) is 6.05. The molecular formula is C15H15N3. The van der Waals surface area contributed by atoms with Crippen LogP contribution < -0.4 is 0 Å². The van der Waals surface area contributed by atoms with Gasteiger partial charge in [-0.25, -0.2) is 9.67 Å². The summed E-state index contributed by atoms with van der Waals surface area (Å²) >= 11 is 0. The van der Waals surface area contributed by atoms with Crippen LogP contribution in [0.1, 0.15) is 17.0 Å². The van der Waals surface area contributed by atoms with Gasteiger partial charge < -0.3 is 0 Å². The molecule has 0 aliphatic carbocycles. The third kappa shape index (κ3) is 1.68. The van der Waals surface area contributed by atoms with E-state index in [2.05, 4.69) is 37.1 Å². The van der Waals surface area contributed by atoms with E-state index in [4.69, 9.17) is 4.98 Å². The Labute approximate surface area is 106 Å². The van der Waals surface area contributed by atoms with E-state index in [1.807, 2.05) is 29.8 Å². The molecule has 0 saturated heterocycles. The van der Waals surface area contributed by atoms with Gasteiger partial charge in [0.05, 0.1) is 11.2 Å². The summed E-state index contributed by atoms with van der Waals surface area (Å²) in [5.41, 5.74) is 4.27. The van der Waals surface area contributed by atoms with Crippen molar-refractivity contribution in [3.8, 4) is 5.82 Å². The lowest BCUT2D eigenvalue weighted by molar-refractivity contribution is 0.804. The molecule has 0 unspecified atom stereocenters. The number of aryl methyl sites for hydroxylation is 3. The van der Waals surface area contributed by atoms with Crippen molar-refractivity contribution in [2.75, 3.05) is 0 Å². The van der Waals surface area contributed by atoms with Gasteiger partial charge in [0.25, 0.3) is 0 Å². The van der Waals surface area contributed by atoms with Gasteiger partial charge in [0, 0.05) is 11.1 Å². The monoisotopic (exact) mass is 237 g/mol. The Bertz CT molecular complexity index is 726. The van der Waals surface area contributed by atoms with E-state index in [-0.39, 0.29) is 0 Å². The van der Waals surface area contributed by atoms with Gasteiger partial charge in [-0.3, -0.25) is 0 Å². The van der Waals surface area contributed by atoms with Crippen LogP contribution in [0.25, 0.3) is 16.7 Å². The van der Waals surface area contributed by atoms with Crippen LogP contribution in [0, 0.1) is 20.8 Å². The molecule has 1 aromatic carbocycles. The molecule has 0 spiro atoms. The number of rotatable bonds is 1. The van der Waals surface area contributed by atoms with Crippen molar-refractivity contribution < 1.29 is 0 Å². The summed E-state index contributed by atoms with van der Waals surface area (Å²) in [6.45, 7) is 6.13. The lowest BCUT2D eigenvalue weighted by Gasteiger charge is -2.08. The quantitative estimate of drug-likeness (QED) is 0.650. The van der Waals surface area contributed by atoms with E-state index in [0.29, 0.717) is 0 Å². The van der Waals surface area contributed by atoms with E-state index in [9.17, 15) is 0 Å². The molecule has 0 fully saturated rings. The predicted molar refractivity (Wildman–Crippen MR) is 73.1 cm³/mol. The molecule has 0 atom stereocenters. The molecule has 3 heteroatoms. The summed E-state index contributed by atoms with van der Waals surface area (Å²) in [6.07, 6.45) is 0. The molecule has 0 saturated carbocycles. The first-order valence-corrected chi connectivity index (χ1v) is 6.05. The fourth-order valence-electron chi connectivity index (χ4n) is 2.27. The fourth-order valence-corrected chi connectivity index (χ4v) is 2.27. The maximum atomic E-state index is 4.72. The number of hydrogen-bond donors (Lipinski definition) is 0. The van der Waals surface area contributed by atoms with Crippen LogP contribution in [0.3, 0.4) is 0 Å². The summed E-state index contributed by atoms with van der Waals surface area (Å²) in [4.78, 5) is 4.72. The lowest BCUT2D eigenvalue weighted by Crippen LogP contribution is -2.04. The minimum Gasteiger partial charge on any atom is -0.228 e. The Morgan fingerprint density at radius 2 is 1.78 bits per heavy atom. The van der Waals surface area contributed by atoms with Gasteiger partial charge in [-0.1, -0.05) is 18.2 Å². The van der Waals surface area contributed by atoms with Gasteiger partial charge >= 0.3 is 0 Å². The number of pyridine rings is 1. The smallest absolute Gasteiger partial charge is 0.157 e. The molecule has 0 bridgehead atoms.